The van der Waals surface area contributed by atoms with E-state index in [9.17, 15) is 21.6 Å². The minimum Gasteiger partial charge on any atom is -0.273 e. The average Bonchev–Trinajstić information content (AvgIpc) is 2.69. The predicted molar refractivity (Wildman–Crippen MR) is 108 cm³/mol. The zero-order chi connectivity index (χ0) is 21.1. The van der Waals surface area contributed by atoms with Crippen molar-refractivity contribution in [1.29, 1.82) is 0 Å². The molecular weight excluding hydrogens is 400 g/mol. The number of nitrogens with zero attached hydrogens (tertiary/aromatic N) is 2. The van der Waals surface area contributed by atoms with Gasteiger partial charge in [-0.05, 0) is 71.2 Å². The van der Waals surface area contributed by atoms with Crippen LogP contribution in [0.5, 0.6) is 0 Å². The number of hydrogen-bond donors (Lipinski definition) is 0. The van der Waals surface area contributed by atoms with Crippen molar-refractivity contribution in [2.45, 2.75) is 70.9 Å². The SMILES string of the molecule is Cc1cc(N2C(=O)C(C)(C)CS2(=O)=O)ccc1S(=O)(=O)N1[C@H](C)CCC[C@@H]1C. The van der Waals surface area contributed by atoms with Crippen molar-refractivity contribution < 1.29 is 21.6 Å². The van der Waals surface area contributed by atoms with Gasteiger partial charge >= 0.3 is 0 Å². The lowest BCUT2D eigenvalue weighted by atomic mass is 9.95. The van der Waals surface area contributed by atoms with Crippen molar-refractivity contribution >= 4 is 31.6 Å². The fourth-order valence-corrected chi connectivity index (χ4v) is 8.49. The second-order valence-corrected chi connectivity index (χ2v) is 12.3. The Kier molecular flexibility index (Phi) is 5.17. The molecule has 2 aliphatic rings. The van der Waals surface area contributed by atoms with Gasteiger partial charge in [0.25, 0.3) is 0 Å². The lowest BCUT2D eigenvalue weighted by Crippen LogP contribution is -2.47. The zero-order valence-corrected chi connectivity index (χ0v) is 18.6. The molecule has 2 saturated heterocycles. The Bertz CT molecular complexity index is 1000. The Hall–Kier alpha value is -1.45. The summed E-state index contributed by atoms with van der Waals surface area (Å²) in [6.45, 7) is 8.65. The minimum atomic E-state index is -3.78. The van der Waals surface area contributed by atoms with Gasteiger partial charge in [0, 0.05) is 12.1 Å². The molecule has 1 aromatic rings. The highest BCUT2D eigenvalue weighted by molar-refractivity contribution is 7.94. The molecule has 1 amide bonds. The van der Waals surface area contributed by atoms with E-state index < -0.39 is 31.4 Å². The summed E-state index contributed by atoms with van der Waals surface area (Å²) in [6, 6.07) is 4.13. The van der Waals surface area contributed by atoms with Gasteiger partial charge in [-0.25, -0.2) is 21.1 Å². The van der Waals surface area contributed by atoms with Gasteiger partial charge in [-0.1, -0.05) is 6.42 Å². The highest BCUT2D eigenvalue weighted by Gasteiger charge is 2.50. The van der Waals surface area contributed by atoms with Crippen LogP contribution in [0.1, 0.15) is 52.5 Å². The molecule has 2 fully saturated rings. The number of hydrogen-bond acceptors (Lipinski definition) is 5. The summed E-state index contributed by atoms with van der Waals surface area (Å²) < 4.78 is 53.9. The Labute approximate surface area is 167 Å². The van der Waals surface area contributed by atoms with Crippen LogP contribution in [0.4, 0.5) is 5.69 Å². The number of benzene rings is 1. The molecule has 7 nitrogen and oxygen atoms in total. The molecule has 0 saturated carbocycles. The van der Waals surface area contributed by atoms with Crippen molar-refractivity contribution in [3.05, 3.63) is 23.8 Å². The number of anilines is 1. The van der Waals surface area contributed by atoms with Crippen LogP contribution in [0.3, 0.4) is 0 Å². The summed E-state index contributed by atoms with van der Waals surface area (Å²) in [5, 5.41) is 0. The number of piperidine rings is 1. The lowest BCUT2D eigenvalue weighted by Gasteiger charge is -2.38. The highest BCUT2D eigenvalue weighted by Crippen LogP contribution is 2.38. The summed E-state index contributed by atoms with van der Waals surface area (Å²) in [5.74, 6) is -0.762. The Balaban J connectivity index is 2.03. The molecule has 2 atom stereocenters. The van der Waals surface area contributed by atoms with Gasteiger partial charge in [0.1, 0.15) is 0 Å². The van der Waals surface area contributed by atoms with Gasteiger partial charge < -0.3 is 0 Å². The van der Waals surface area contributed by atoms with E-state index in [1.165, 1.54) is 18.2 Å². The van der Waals surface area contributed by atoms with Crippen LogP contribution < -0.4 is 4.31 Å². The second kappa shape index (κ2) is 6.81. The van der Waals surface area contributed by atoms with Gasteiger partial charge in [0.2, 0.25) is 26.0 Å². The molecule has 1 aromatic carbocycles. The second-order valence-electron chi connectivity index (χ2n) is 8.62. The lowest BCUT2D eigenvalue weighted by molar-refractivity contribution is -0.123. The molecule has 9 heteroatoms. The van der Waals surface area contributed by atoms with Crippen molar-refractivity contribution in [2.24, 2.45) is 5.41 Å². The van der Waals surface area contributed by atoms with E-state index in [0.717, 1.165) is 23.6 Å². The Morgan fingerprint density at radius 2 is 1.68 bits per heavy atom. The van der Waals surface area contributed by atoms with E-state index in [0.29, 0.717) is 5.56 Å². The molecule has 0 unspecified atom stereocenters. The van der Waals surface area contributed by atoms with Crippen LogP contribution in [0.25, 0.3) is 0 Å². The first-order valence-corrected chi connectivity index (χ1v) is 12.6. The van der Waals surface area contributed by atoms with Crippen LogP contribution >= 0.6 is 0 Å². The number of amides is 1. The molecule has 0 bridgehead atoms. The number of aryl methyl sites for hydroxylation is 1. The normalized spacial score (nSPS) is 27.9. The van der Waals surface area contributed by atoms with Crippen LogP contribution in [0.15, 0.2) is 23.1 Å². The maximum absolute atomic E-state index is 13.3. The van der Waals surface area contributed by atoms with E-state index in [4.69, 9.17) is 0 Å². The quantitative estimate of drug-likeness (QED) is 0.738. The Morgan fingerprint density at radius 1 is 1.11 bits per heavy atom. The van der Waals surface area contributed by atoms with Gasteiger partial charge in [0.15, 0.2) is 0 Å². The molecule has 3 rings (SSSR count). The molecule has 156 valence electrons. The van der Waals surface area contributed by atoms with Crippen molar-refractivity contribution in [1.82, 2.24) is 4.31 Å². The summed E-state index contributed by atoms with van der Waals surface area (Å²) in [5.41, 5.74) is -0.391. The number of carbonyl (C=O) groups excluding carboxylic acids is 1. The van der Waals surface area contributed by atoms with E-state index >= 15 is 0 Å². The van der Waals surface area contributed by atoms with Gasteiger partial charge in [-0.2, -0.15) is 4.31 Å². The fourth-order valence-electron chi connectivity index (χ4n) is 4.30. The molecule has 0 aliphatic carbocycles. The molecule has 0 spiro atoms. The summed E-state index contributed by atoms with van der Waals surface area (Å²) >= 11 is 0. The van der Waals surface area contributed by atoms with Crippen molar-refractivity contribution in [3.63, 3.8) is 0 Å². The molecule has 0 aromatic heterocycles. The average molecular weight is 429 g/mol. The molecular formula is C19H28N2O5S2. The summed E-state index contributed by atoms with van der Waals surface area (Å²) in [4.78, 5) is 12.7. The number of sulfonamides is 2. The van der Waals surface area contributed by atoms with Crippen LogP contribution in [0.2, 0.25) is 0 Å². The van der Waals surface area contributed by atoms with E-state index in [2.05, 4.69) is 0 Å². The molecule has 0 radical (unpaired) electrons. The Morgan fingerprint density at radius 3 is 2.14 bits per heavy atom. The molecule has 28 heavy (non-hydrogen) atoms. The minimum absolute atomic E-state index is 0.0887. The first kappa shape index (κ1) is 21.3. The van der Waals surface area contributed by atoms with Crippen LogP contribution in [0, 0.1) is 12.3 Å². The first-order chi connectivity index (χ1) is 12.8. The zero-order valence-electron chi connectivity index (χ0n) is 17.0. The third-order valence-corrected chi connectivity index (χ3v) is 9.95. The van der Waals surface area contributed by atoms with Crippen LogP contribution in [-0.4, -0.2) is 44.9 Å². The third kappa shape index (κ3) is 3.37. The topological polar surface area (TPSA) is 91.8 Å². The van der Waals surface area contributed by atoms with Gasteiger partial charge in [0.05, 0.1) is 21.8 Å². The van der Waals surface area contributed by atoms with E-state index in [1.54, 1.807) is 25.1 Å². The molecule has 2 aliphatic heterocycles. The van der Waals surface area contributed by atoms with Crippen LogP contribution in [-0.2, 0) is 24.8 Å². The maximum Gasteiger partial charge on any atom is 0.247 e. The molecule has 0 N–H and O–H groups in total. The predicted octanol–water partition coefficient (Wildman–Crippen LogP) is 2.65. The third-order valence-electron chi connectivity index (χ3n) is 5.65. The smallest absolute Gasteiger partial charge is 0.247 e. The largest absolute Gasteiger partial charge is 0.273 e. The van der Waals surface area contributed by atoms with E-state index in [1.807, 2.05) is 13.8 Å². The highest BCUT2D eigenvalue weighted by atomic mass is 32.2. The van der Waals surface area contributed by atoms with Crippen molar-refractivity contribution in [2.75, 3.05) is 10.1 Å². The maximum atomic E-state index is 13.3. The first-order valence-electron chi connectivity index (χ1n) is 9.51. The van der Waals surface area contributed by atoms with E-state index in [-0.39, 0.29) is 28.4 Å². The van der Waals surface area contributed by atoms with Crippen molar-refractivity contribution in [3.8, 4) is 0 Å². The van der Waals surface area contributed by atoms with Gasteiger partial charge in [-0.3, -0.25) is 4.79 Å². The summed E-state index contributed by atoms with van der Waals surface area (Å²) in [7, 11) is -7.49. The number of rotatable bonds is 3. The summed E-state index contributed by atoms with van der Waals surface area (Å²) in [6.07, 6.45) is 2.63. The molecule has 2 heterocycles. The van der Waals surface area contributed by atoms with Gasteiger partial charge in [-0.15, -0.1) is 0 Å². The standard InChI is InChI=1S/C19H28N2O5S2/c1-13-11-16(21-18(22)19(4,5)12-27(21,23)24)9-10-17(13)28(25,26)20-14(2)7-6-8-15(20)3/h9-11,14-15H,6-8,12H2,1-5H3/t14-,15+. The fraction of sp³-hybridized carbons (Fsp3) is 0.632. The number of carbonyl (C=O) groups is 1. The monoisotopic (exact) mass is 428 g/mol.